The maximum Gasteiger partial charge on any atom is 0.233 e. The van der Waals surface area contributed by atoms with Crippen LogP contribution in [0, 0.1) is 0 Å². The Kier molecular flexibility index (Phi) is 6.76. The second kappa shape index (κ2) is 5.46. The van der Waals surface area contributed by atoms with Gasteiger partial charge < -0.3 is 0 Å². The Morgan fingerprint density at radius 1 is 1.40 bits per heavy atom. The predicted molar refractivity (Wildman–Crippen MR) is 44.6 cm³/mol. The molecule has 3 nitrogen and oxygen atoms in total. The van der Waals surface area contributed by atoms with Gasteiger partial charge in [-0.1, -0.05) is 12.7 Å². The third kappa shape index (κ3) is 5.81. The molecule has 0 aromatic rings. The van der Waals surface area contributed by atoms with Crippen LogP contribution in [0.1, 0.15) is 0 Å². The van der Waals surface area contributed by atoms with Gasteiger partial charge in [-0.2, -0.15) is 0 Å². The van der Waals surface area contributed by atoms with E-state index in [2.05, 4.69) is 17.9 Å². The van der Waals surface area contributed by atoms with Crippen LogP contribution in [0.5, 0.6) is 0 Å². The van der Waals surface area contributed by atoms with E-state index < -0.39 is 10.0 Å². The van der Waals surface area contributed by atoms with Crippen molar-refractivity contribution in [1.29, 1.82) is 0 Å². The van der Waals surface area contributed by atoms with Gasteiger partial charge in [0, 0.05) is 12.0 Å². The molecule has 0 aliphatic rings. The first-order valence-electron chi connectivity index (χ1n) is 2.35. The second-order valence-corrected chi connectivity index (χ2v) is 3.06. The van der Waals surface area contributed by atoms with Crippen molar-refractivity contribution < 1.29 is 8.42 Å². The lowest BCUT2D eigenvalue weighted by molar-refractivity contribution is 0.595. The first-order chi connectivity index (χ1) is 4.12. The van der Waals surface area contributed by atoms with Crippen LogP contribution >= 0.6 is 12.4 Å². The number of hydrogen-bond acceptors (Lipinski definition) is 2. The van der Waals surface area contributed by atoms with Gasteiger partial charge in [-0.25, -0.2) is 13.1 Å². The van der Waals surface area contributed by atoms with Crippen molar-refractivity contribution in [3.8, 4) is 0 Å². The van der Waals surface area contributed by atoms with E-state index in [0.717, 1.165) is 5.41 Å². The fourth-order valence-electron chi connectivity index (χ4n) is 0.234. The fraction of sp³-hybridized carbons (Fsp3) is 0.200. The molecule has 10 heavy (non-hydrogen) atoms. The van der Waals surface area contributed by atoms with E-state index in [1.165, 1.54) is 6.08 Å². The fourth-order valence-corrected chi connectivity index (χ4v) is 0.702. The summed E-state index contributed by atoms with van der Waals surface area (Å²) in [6.07, 6.45) is 1.46. The second-order valence-electron chi connectivity index (χ2n) is 1.35. The Hall–Kier alpha value is -0.320. The highest BCUT2D eigenvalue weighted by Crippen LogP contribution is 1.80. The molecular formula is C5H10ClNO2S. The van der Waals surface area contributed by atoms with E-state index in [-0.39, 0.29) is 19.0 Å². The monoisotopic (exact) mass is 183 g/mol. The van der Waals surface area contributed by atoms with Gasteiger partial charge in [0.1, 0.15) is 0 Å². The summed E-state index contributed by atoms with van der Waals surface area (Å²) in [5, 5.41) is 0.858. The van der Waals surface area contributed by atoms with Gasteiger partial charge in [0.05, 0.1) is 0 Å². The van der Waals surface area contributed by atoms with E-state index in [9.17, 15) is 8.42 Å². The Balaban J connectivity index is 0. The molecule has 60 valence electrons. The van der Waals surface area contributed by atoms with Crippen molar-refractivity contribution in [1.82, 2.24) is 4.72 Å². The summed E-state index contributed by atoms with van der Waals surface area (Å²) in [4.78, 5) is 0. The smallest absolute Gasteiger partial charge is 0.208 e. The van der Waals surface area contributed by atoms with Crippen molar-refractivity contribution in [2.24, 2.45) is 0 Å². The van der Waals surface area contributed by atoms with Gasteiger partial charge in [0.25, 0.3) is 0 Å². The van der Waals surface area contributed by atoms with Gasteiger partial charge in [-0.3, -0.25) is 0 Å². The van der Waals surface area contributed by atoms with E-state index in [1.54, 1.807) is 0 Å². The van der Waals surface area contributed by atoms with Crippen LogP contribution in [-0.4, -0.2) is 15.0 Å². The standard InChI is InChI=1S/C5H9NO2S.ClH/c1-3-5-6-9(7,8)4-2;/h3-4,6H,1-2,5H2;1H. The van der Waals surface area contributed by atoms with Crippen LogP contribution in [0.4, 0.5) is 0 Å². The maximum atomic E-state index is 10.5. The summed E-state index contributed by atoms with van der Waals surface area (Å²) in [6, 6.07) is 0. The average molecular weight is 184 g/mol. The number of sulfonamides is 1. The largest absolute Gasteiger partial charge is 0.233 e. The normalized spacial score (nSPS) is 9.60. The molecule has 0 fully saturated rings. The average Bonchev–Trinajstić information content (AvgIpc) is 1.84. The minimum absolute atomic E-state index is 0. The number of hydrogen-bond donors (Lipinski definition) is 1. The first kappa shape index (κ1) is 12.4. The van der Waals surface area contributed by atoms with E-state index in [4.69, 9.17) is 0 Å². The molecule has 0 spiro atoms. The third-order valence-electron chi connectivity index (χ3n) is 0.648. The molecule has 5 heteroatoms. The number of rotatable bonds is 4. The minimum Gasteiger partial charge on any atom is -0.208 e. The highest BCUT2D eigenvalue weighted by Gasteiger charge is 1.97. The van der Waals surface area contributed by atoms with Crippen molar-refractivity contribution >= 4 is 22.4 Å². The quantitative estimate of drug-likeness (QED) is 0.651. The summed E-state index contributed by atoms with van der Waals surface area (Å²) in [6.45, 7) is 6.68. The Morgan fingerprint density at radius 3 is 2.20 bits per heavy atom. The highest BCUT2D eigenvalue weighted by atomic mass is 35.5. The number of halogens is 1. The molecule has 0 saturated carbocycles. The summed E-state index contributed by atoms with van der Waals surface area (Å²) >= 11 is 0. The van der Waals surface area contributed by atoms with Crippen LogP contribution in [0.3, 0.4) is 0 Å². The lowest BCUT2D eigenvalue weighted by Gasteiger charge is -1.94. The molecule has 0 aliphatic carbocycles. The minimum atomic E-state index is -3.24. The Bertz CT molecular complexity index is 198. The summed E-state index contributed by atoms with van der Waals surface area (Å²) in [5.41, 5.74) is 0. The highest BCUT2D eigenvalue weighted by molar-refractivity contribution is 7.92. The Labute approximate surface area is 67.3 Å². The van der Waals surface area contributed by atoms with Gasteiger partial charge in [0.15, 0.2) is 0 Å². The lowest BCUT2D eigenvalue weighted by Crippen LogP contribution is -2.20. The van der Waals surface area contributed by atoms with Crippen LogP contribution < -0.4 is 4.72 Å². The molecule has 0 aromatic heterocycles. The van der Waals surface area contributed by atoms with Gasteiger partial charge >= 0.3 is 0 Å². The van der Waals surface area contributed by atoms with Crippen LogP contribution in [0.15, 0.2) is 24.6 Å². The van der Waals surface area contributed by atoms with E-state index in [0.29, 0.717) is 0 Å². The van der Waals surface area contributed by atoms with Crippen LogP contribution in [0.2, 0.25) is 0 Å². The van der Waals surface area contributed by atoms with E-state index in [1.807, 2.05) is 0 Å². The molecule has 0 bridgehead atoms. The zero-order valence-electron chi connectivity index (χ0n) is 5.41. The van der Waals surface area contributed by atoms with Crippen LogP contribution in [-0.2, 0) is 10.0 Å². The first-order valence-corrected chi connectivity index (χ1v) is 3.90. The van der Waals surface area contributed by atoms with Crippen molar-refractivity contribution in [2.45, 2.75) is 0 Å². The van der Waals surface area contributed by atoms with Crippen molar-refractivity contribution in [2.75, 3.05) is 6.54 Å². The molecule has 0 aromatic carbocycles. The molecule has 0 amide bonds. The zero-order valence-corrected chi connectivity index (χ0v) is 7.04. The number of nitrogens with one attached hydrogen (secondary N) is 1. The SMILES string of the molecule is C=CCNS(=O)(=O)C=C.Cl. The summed E-state index contributed by atoms with van der Waals surface area (Å²) in [5.74, 6) is 0. The molecule has 0 radical (unpaired) electrons. The van der Waals surface area contributed by atoms with Gasteiger partial charge in [-0.15, -0.1) is 19.0 Å². The maximum absolute atomic E-state index is 10.5. The molecule has 0 atom stereocenters. The van der Waals surface area contributed by atoms with Crippen LogP contribution in [0.25, 0.3) is 0 Å². The van der Waals surface area contributed by atoms with Crippen molar-refractivity contribution in [3.63, 3.8) is 0 Å². The predicted octanol–water partition coefficient (Wildman–Crippen LogP) is 0.657. The lowest BCUT2D eigenvalue weighted by atomic mass is 10.7. The van der Waals surface area contributed by atoms with Gasteiger partial charge in [-0.05, 0) is 0 Å². The topological polar surface area (TPSA) is 46.2 Å². The van der Waals surface area contributed by atoms with Gasteiger partial charge in [0.2, 0.25) is 10.0 Å². The molecule has 0 unspecified atom stereocenters. The third-order valence-corrected chi connectivity index (χ3v) is 1.66. The molecule has 0 aliphatic heterocycles. The Morgan fingerprint density at radius 2 is 1.90 bits per heavy atom. The molecule has 0 heterocycles. The zero-order chi connectivity index (χ0) is 7.33. The summed E-state index contributed by atoms with van der Waals surface area (Å²) < 4.78 is 23.2. The van der Waals surface area contributed by atoms with E-state index >= 15 is 0 Å². The molecule has 0 saturated heterocycles. The molecular weight excluding hydrogens is 174 g/mol. The molecule has 1 N–H and O–H groups in total. The van der Waals surface area contributed by atoms with Crippen molar-refractivity contribution in [3.05, 3.63) is 24.6 Å². The molecule has 0 rings (SSSR count). The summed E-state index contributed by atoms with van der Waals surface area (Å²) in [7, 11) is -3.24.